The molecule has 0 saturated heterocycles. The third-order valence-corrected chi connectivity index (χ3v) is 3.89. The molecule has 0 fully saturated rings. The lowest BCUT2D eigenvalue weighted by Gasteiger charge is -2.29. The van der Waals surface area contributed by atoms with Gasteiger partial charge in [0.15, 0.2) is 0 Å². The molecule has 0 aliphatic carbocycles. The molecule has 2 rings (SSSR count). The third kappa shape index (κ3) is 4.04. The third-order valence-electron chi connectivity index (χ3n) is 3.89. The van der Waals surface area contributed by atoms with Gasteiger partial charge in [0, 0.05) is 5.56 Å². The quantitative estimate of drug-likeness (QED) is 0.590. The molecule has 0 amide bonds. The van der Waals surface area contributed by atoms with Crippen LogP contribution in [0.4, 0.5) is 0 Å². The number of hydrogen-bond acceptors (Lipinski definition) is 3. The fourth-order valence-electron chi connectivity index (χ4n) is 2.65. The molecular formula is C20H26O3. The Hall–Kier alpha value is -2.03. The monoisotopic (exact) mass is 314 g/mol. The summed E-state index contributed by atoms with van der Waals surface area (Å²) < 4.78 is 11.3. The van der Waals surface area contributed by atoms with Crippen molar-refractivity contribution in [3.05, 3.63) is 46.5 Å². The van der Waals surface area contributed by atoms with E-state index in [4.69, 9.17) is 9.47 Å². The number of ether oxygens (including phenoxy) is 2. The number of carbonyl (C=O) groups is 1. The molecule has 124 valence electrons. The summed E-state index contributed by atoms with van der Waals surface area (Å²) in [5.41, 5.74) is 4.36. The number of allylic oxidation sites excluding steroid dienone is 2. The van der Waals surface area contributed by atoms with E-state index >= 15 is 0 Å². The van der Waals surface area contributed by atoms with E-state index < -0.39 is 6.10 Å². The number of fused-ring (bicyclic) bond motifs is 1. The number of hydrogen-bond donors (Lipinski definition) is 0. The van der Waals surface area contributed by atoms with E-state index in [0.29, 0.717) is 6.61 Å². The Morgan fingerprint density at radius 2 is 2.09 bits per heavy atom. The fraction of sp³-hybridized carbons (Fsp3) is 0.450. The Kier molecular flexibility index (Phi) is 5.64. The molecule has 1 aliphatic rings. The molecule has 1 unspecified atom stereocenters. The minimum absolute atomic E-state index is 0.221. The molecular weight excluding hydrogens is 288 g/mol. The van der Waals surface area contributed by atoms with Crippen molar-refractivity contribution in [1.82, 2.24) is 0 Å². The van der Waals surface area contributed by atoms with Crippen LogP contribution in [0.5, 0.6) is 5.75 Å². The van der Waals surface area contributed by atoms with Crippen molar-refractivity contribution in [2.24, 2.45) is 5.92 Å². The normalized spacial score (nSPS) is 16.3. The molecule has 1 aromatic carbocycles. The molecule has 1 atom stereocenters. The Morgan fingerprint density at radius 1 is 1.35 bits per heavy atom. The molecule has 0 saturated carbocycles. The molecule has 1 aromatic rings. The Morgan fingerprint density at radius 3 is 2.70 bits per heavy atom. The lowest BCUT2D eigenvalue weighted by Crippen LogP contribution is -2.35. The lowest BCUT2D eigenvalue weighted by molar-refractivity contribution is -0.149. The smallest absolute Gasteiger partial charge is 0.351 e. The molecule has 0 spiro atoms. The van der Waals surface area contributed by atoms with Gasteiger partial charge in [-0.1, -0.05) is 43.7 Å². The van der Waals surface area contributed by atoms with Crippen molar-refractivity contribution in [2.75, 3.05) is 6.61 Å². The van der Waals surface area contributed by atoms with Crippen molar-refractivity contribution in [2.45, 2.75) is 47.1 Å². The Bertz CT molecular complexity index is 634. The SMILES string of the molecule is CCOC(=O)C1Oc2c(cccc2CC=C(C)C)C=C1C(C)C. The highest BCUT2D eigenvalue weighted by atomic mass is 16.6. The van der Waals surface area contributed by atoms with Gasteiger partial charge in [0.1, 0.15) is 5.75 Å². The van der Waals surface area contributed by atoms with Crippen LogP contribution in [0.15, 0.2) is 35.4 Å². The van der Waals surface area contributed by atoms with Gasteiger partial charge in [-0.05, 0) is 50.3 Å². The van der Waals surface area contributed by atoms with E-state index in [9.17, 15) is 4.79 Å². The van der Waals surface area contributed by atoms with Gasteiger partial charge < -0.3 is 9.47 Å². The van der Waals surface area contributed by atoms with Gasteiger partial charge in [-0.3, -0.25) is 0 Å². The van der Waals surface area contributed by atoms with Crippen molar-refractivity contribution in [1.29, 1.82) is 0 Å². The second-order valence-corrected chi connectivity index (χ2v) is 6.37. The van der Waals surface area contributed by atoms with Gasteiger partial charge in [-0.2, -0.15) is 0 Å². The molecule has 3 heteroatoms. The van der Waals surface area contributed by atoms with Gasteiger partial charge in [-0.15, -0.1) is 0 Å². The molecule has 0 bridgehead atoms. The molecule has 1 aliphatic heterocycles. The summed E-state index contributed by atoms with van der Waals surface area (Å²) in [6.07, 6.45) is 4.40. The van der Waals surface area contributed by atoms with E-state index in [1.807, 2.05) is 19.1 Å². The van der Waals surface area contributed by atoms with E-state index in [1.165, 1.54) is 5.57 Å². The van der Waals surface area contributed by atoms with Gasteiger partial charge in [-0.25, -0.2) is 4.79 Å². The Balaban J connectivity index is 2.43. The van der Waals surface area contributed by atoms with Crippen molar-refractivity contribution in [3.63, 3.8) is 0 Å². The second-order valence-electron chi connectivity index (χ2n) is 6.37. The summed E-state index contributed by atoms with van der Waals surface area (Å²) in [6.45, 7) is 10.5. The van der Waals surface area contributed by atoms with E-state index in [0.717, 1.165) is 28.9 Å². The summed E-state index contributed by atoms with van der Waals surface area (Å²) in [5.74, 6) is 0.710. The van der Waals surface area contributed by atoms with E-state index in [2.05, 4.69) is 45.9 Å². The predicted octanol–water partition coefficient (Wildman–Crippen LogP) is 4.56. The molecule has 0 aromatic heterocycles. The zero-order valence-electron chi connectivity index (χ0n) is 14.7. The second kappa shape index (κ2) is 7.49. The predicted molar refractivity (Wildman–Crippen MR) is 93.4 cm³/mol. The highest BCUT2D eigenvalue weighted by Crippen LogP contribution is 2.36. The number of carbonyl (C=O) groups excluding carboxylic acids is 1. The standard InChI is InChI=1S/C20H26O3/c1-6-22-20(21)19-17(14(4)5)12-16-9-7-8-15(18(16)23-19)11-10-13(2)3/h7-10,12,14,19H,6,11H2,1-5H3. The highest BCUT2D eigenvalue weighted by Gasteiger charge is 2.32. The van der Waals surface area contributed by atoms with Crippen LogP contribution in [-0.4, -0.2) is 18.7 Å². The topological polar surface area (TPSA) is 35.5 Å². The maximum absolute atomic E-state index is 12.3. The minimum Gasteiger partial charge on any atom is -0.473 e. The minimum atomic E-state index is -0.643. The first-order valence-electron chi connectivity index (χ1n) is 8.24. The Labute approximate surface area is 139 Å². The first-order valence-corrected chi connectivity index (χ1v) is 8.24. The van der Waals surface area contributed by atoms with E-state index in [-0.39, 0.29) is 11.9 Å². The van der Waals surface area contributed by atoms with E-state index in [1.54, 1.807) is 0 Å². The molecule has 0 N–H and O–H groups in total. The number of benzene rings is 1. The average molecular weight is 314 g/mol. The largest absolute Gasteiger partial charge is 0.473 e. The van der Waals surface area contributed by atoms with Gasteiger partial charge in [0.05, 0.1) is 6.61 Å². The number of rotatable bonds is 5. The zero-order chi connectivity index (χ0) is 17.0. The first-order chi connectivity index (χ1) is 10.9. The molecule has 0 radical (unpaired) electrons. The van der Waals surface area contributed by atoms with Gasteiger partial charge in [0.25, 0.3) is 0 Å². The maximum Gasteiger partial charge on any atom is 0.351 e. The van der Waals surface area contributed by atoms with Crippen LogP contribution in [0.1, 0.15) is 45.7 Å². The average Bonchev–Trinajstić information content (AvgIpc) is 2.51. The number of para-hydroxylation sites is 1. The summed E-state index contributed by atoms with van der Waals surface area (Å²) >= 11 is 0. The number of esters is 1. The summed E-state index contributed by atoms with van der Waals surface area (Å²) in [6, 6.07) is 6.12. The van der Waals surface area contributed by atoms with Crippen LogP contribution in [0.25, 0.3) is 6.08 Å². The molecule has 1 heterocycles. The fourth-order valence-corrected chi connectivity index (χ4v) is 2.65. The zero-order valence-corrected chi connectivity index (χ0v) is 14.7. The summed E-state index contributed by atoms with van der Waals surface area (Å²) in [5, 5.41) is 0. The van der Waals surface area contributed by atoms with Crippen LogP contribution in [0.2, 0.25) is 0 Å². The maximum atomic E-state index is 12.3. The molecule has 3 nitrogen and oxygen atoms in total. The highest BCUT2D eigenvalue weighted by molar-refractivity contribution is 5.83. The van der Waals surface area contributed by atoms with Gasteiger partial charge in [0.2, 0.25) is 6.10 Å². The first kappa shape index (κ1) is 17.3. The lowest BCUT2D eigenvalue weighted by atomic mass is 9.91. The van der Waals surface area contributed by atoms with Crippen LogP contribution in [0.3, 0.4) is 0 Å². The van der Waals surface area contributed by atoms with Crippen molar-refractivity contribution < 1.29 is 14.3 Å². The molecule has 23 heavy (non-hydrogen) atoms. The summed E-state index contributed by atoms with van der Waals surface area (Å²) in [4.78, 5) is 12.3. The van der Waals surface area contributed by atoms with Crippen molar-refractivity contribution >= 4 is 12.0 Å². The van der Waals surface area contributed by atoms with Crippen LogP contribution >= 0.6 is 0 Å². The summed E-state index contributed by atoms with van der Waals surface area (Å²) in [7, 11) is 0. The van der Waals surface area contributed by atoms with Crippen LogP contribution < -0.4 is 4.74 Å². The van der Waals surface area contributed by atoms with Gasteiger partial charge >= 0.3 is 5.97 Å². The van der Waals surface area contributed by atoms with Crippen molar-refractivity contribution in [3.8, 4) is 5.75 Å². The van der Waals surface area contributed by atoms with Crippen LogP contribution in [0, 0.1) is 5.92 Å². The van der Waals surface area contributed by atoms with Crippen LogP contribution in [-0.2, 0) is 16.0 Å².